The quantitative estimate of drug-likeness (QED) is 0.741. The van der Waals surface area contributed by atoms with Crippen molar-refractivity contribution in [2.24, 2.45) is 7.05 Å². The molecule has 0 saturated carbocycles. The second-order valence-corrected chi connectivity index (χ2v) is 4.90. The Morgan fingerprint density at radius 1 is 1.35 bits per heavy atom. The van der Waals surface area contributed by atoms with E-state index in [1.807, 2.05) is 0 Å². The van der Waals surface area contributed by atoms with Crippen LogP contribution in [0.5, 0.6) is 0 Å². The third kappa shape index (κ3) is 2.74. The number of carbonyl (C=O) groups is 2. The van der Waals surface area contributed by atoms with Gasteiger partial charge in [-0.3, -0.25) is 9.59 Å². The van der Waals surface area contributed by atoms with Gasteiger partial charge in [0.2, 0.25) is 0 Å². The topological polar surface area (TPSA) is 68.6 Å². The van der Waals surface area contributed by atoms with Crippen LogP contribution in [-0.4, -0.2) is 41.0 Å². The Morgan fingerprint density at radius 2 is 2.10 bits per heavy atom. The van der Waals surface area contributed by atoms with Gasteiger partial charge in [-0.05, 0) is 25.3 Å². The summed E-state index contributed by atoms with van der Waals surface area (Å²) in [6, 6.07) is 2.34. The van der Waals surface area contributed by atoms with Gasteiger partial charge in [-0.25, -0.2) is 4.79 Å². The fraction of sp³-hybridized carbons (Fsp3) is 0.500. The molecule has 1 aromatic rings. The number of ether oxygens (including phenoxy) is 1. The molecular weight excluding hydrogens is 260 g/mol. The van der Waals surface area contributed by atoms with E-state index in [1.54, 1.807) is 19.3 Å². The third-order valence-electron chi connectivity index (χ3n) is 3.59. The van der Waals surface area contributed by atoms with Gasteiger partial charge in [0, 0.05) is 31.4 Å². The van der Waals surface area contributed by atoms with Crippen molar-refractivity contribution in [2.75, 3.05) is 13.7 Å². The van der Waals surface area contributed by atoms with Crippen molar-refractivity contribution in [2.45, 2.75) is 25.3 Å². The zero-order valence-electron chi connectivity index (χ0n) is 11.7. The number of likely N-dealkylation sites (tertiary alicyclic amines) is 1. The monoisotopic (exact) mass is 278 g/mol. The molecular formula is C14H18N2O4. The maximum Gasteiger partial charge on any atom is 0.328 e. The van der Waals surface area contributed by atoms with Gasteiger partial charge >= 0.3 is 5.97 Å². The number of nitrogens with zero attached hydrogens (tertiary/aromatic N) is 2. The van der Waals surface area contributed by atoms with E-state index >= 15 is 0 Å². The van der Waals surface area contributed by atoms with Gasteiger partial charge < -0.3 is 14.2 Å². The zero-order chi connectivity index (χ0) is 14.7. The highest BCUT2D eigenvalue weighted by molar-refractivity contribution is 5.96. The molecule has 0 radical (unpaired) electrons. The second-order valence-electron chi connectivity index (χ2n) is 4.90. The molecule has 6 heteroatoms. The molecule has 1 aliphatic rings. The van der Waals surface area contributed by atoms with E-state index in [0.29, 0.717) is 18.5 Å². The van der Waals surface area contributed by atoms with E-state index in [2.05, 4.69) is 0 Å². The molecule has 1 aliphatic heterocycles. The maximum atomic E-state index is 12.5. The van der Waals surface area contributed by atoms with Gasteiger partial charge in [-0.1, -0.05) is 0 Å². The number of hydrogen-bond acceptors (Lipinski definition) is 4. The first-order valence-electron chi connectivity index (χ1n) is 6.60. The Balaban J connectivity index is 2.27. The summed E-state index contributed by atoms with van der Waals surface area (Å²) in [5.74, 6) is -0.695. The number of aryl methyl sites for hydroxylation is 1. The molecule has 1 atom stereocenters. The first-order chi connectivity index (χ1) is 9.54. The molecule has 0 spiro atoms. The first-order valence-corrected chi connectivity index (χ1v) is 6.60. The number of amides is 1. The minimum atomic E-state index is -0.551. The Morgan fingerprint density at radius 3 is 2.75 bits per heavy atom. The molecule has 1 saturated heterocycles. The number of methoxy groups -OCH3 is 1. The number of esters is 1. The largest absolute Gasteiger partial charge is 0.467 e. The van der Waals surface area contributed by atoms with E-state index < -0.39 is 12.0 Å². The van der Waals surface area contributed by atoms with Crippen molar-refractivity contribution in [3.8, 4) is 0 Å². The number of piperidine rings is 1. The number of rotatable bonds is 2. The summed E-state index contributed by atoms with van der Waals surface area (Å²) in [6.07, 6.45) is 3.89. The summed E-state index contributed by atoms with van der Waals surface area (Å²) >= 11 is 0. The summed E-state index contributed by atoms with van der Waals surface area (Å²) in [7, 11) is 2.94. The number of carbonyl (C=O) groups excluding carboxylic acids is 2. The highest BCUT2D eigenvalue weighted by atomic mass is 16.5. The normalized spacial score (nSPS) is 18.7. The Labute approximate surface area is 116 Å². The van der Waals surface area contributed by atoms with Gasteiger partial charge in [0.1, 0.15) is 6.04 Å². The van der Waals surface area contributed by atoms with Crippen molar-refractivity contribution in [1.29, 1.82) is 0 Å². The number of aromatic nitrogens is 1. The van der Waals surface area contributed by atoms with Crippen molar-refractivity contribution < 1.29 is 14.3 Å². The molecule has 1 unspecified atom stereocenters. The minimum absolute atomic E-state index is 0.248. The van der Waals surface area contributed by atoms with Crippen molar-refractivity contribution in [3.05, 3.63) is 34.2 Å². The van der Waals surface area contributed by atoms with Crippen LogP contribution in [0, 0.1) is 0 Å². The Kier molecular flexibility index (Phi) is 4.22. The van der Waals surface area contributed by atoms with E-state index in [9.17, 15) is 14.4 Å². The smallest absolute Gasteiger partial charge is 0.328 e. The fourth-order valence-electron chi connectivity index (χ4n) is 2.40. The molecule has 2 rings (SSSR count). The zero-order valence-corrected chi connectivity index (χ0v) is 11.7. The van der Waals surface area contributed by atoms with E-state index in [1.165, 1.54) is 22.6 Å². The summed E-state index contributed by atoms with van der Waals surface area (Å²) in [4.78, 5) is 37.3. The number of hydrogen-bond donors (Lipinski definition) is 0. The SMILES string of the molecule is COC(=O)C1CCCCN1C(=O)c1ccn(C)c(=O)c1. The molecule has 2 heterocycles. The molecule has 20 heavy (non-hydrogen) atoms. The van der Waals surface area contributed by atoms with Crippen molar-refractivity contribution >= 4 is 11.9 Å². The van der Waals surface area contributed by atoms with Gasteiger partial charge in [-0.2, -0.15) is 0 Å². The van der Waals surface area contributed by atoms with Crippen LogP contribution in [-0.2, 0) is 16.6 Å². The van der Waals surface area contributed by atoms with E-state index in [0.717, 1.165) is 12.8 Å². The van der Waals surface area contributed by atoms with Crippen LogP contribution in [0.1, 0.15) is 29.6 Å². The summed E-state index contributed by atoms with van der Waals surface area (Å²) in [5.41, 5.74) is 0.0615. The molecule has 108 valence electrons. The summed E-state index contributed by atoms with van der Waals surface area (Å²) < 4.78 is 6.14. The molecule has 6 nitrogen and oxygen atoms in total. The van der Waals surface area contributed by atoms with Crippen LogP contribution in [0.2, 0.25) is 0 Å². The van der Waals surface area contributed by atoms with Gasteiger partial charge in [-0.15, -0.1) is 0 Å². The molecule has 1 fully saturated rings. The molecule has 0 aliphatic carbocycles. The lowest BCUT2D eigenvalue weighted by molar-refractivity contribution is -0.147. The molecule has 0 N–H and O–H groups in total. The highest BCUT2D eigenvalue weighted by Crippen LogP contribution is 2.20. The maximum absolute atomic E-state index is 12.5. The highest BCUT2D eigenvalue weighted by Gasteiger charge is 2.33. The lowest BCUT2D eigenvalue weighted by Gasteiger charge is -2.33. The van der Waals surface area contributed by atoms with Crippen LogP contribution in [0.15, 0.2) is 23.1 Å². The number of pyridine rings is 1. The van der Waals surface area contributed by atoms with Crippen molar-refractivity contribution in [1.82, 2.24) is 9.47 Å². The van der Waals surface area contributed by atoms with E-state index in [-0.39, 0.29) is 11.5 Å². The second kappa shape index (κ2) is 5.90. The lowest BCUT2D eigenvalue weighted by atomic mass is 10.0. The van der Waals surface area contributed by atoms with Crippen LogP contribution < -0.4 is 5.56 Å². The summed E-state index contributed by atoms with van der Waals surface area (Å²) in [6.45, 7) is 0.508. The van der Waals surface area contributed by atoms with Gasteiger partial charge in [0.15, 0.2) is 0 Å². The molecule has 0 bridgehead atoms. The fourth-order valence-corrected chi connectivity index (χ4v) is 2.40. The Hall–Kier alpha value is -2.11. The predicted octanol–water partition coefficient (Wildman–Crippen LogP) is 0.553. The van der Waals surface area contributed by atoms with Crippen LogP contribution in [0.4, 0.5) is 0 Å². The lowest BCUT2D eigenvalue weighted by Crippen LogP contribution is -2.48. The van der Waals surface area contributed by atoms with Crippen molar-refractivity contribution in [3.63, 3.8) is 0 Å². The molecule has 1 aromatic heterocycles. The Bertz CT molecular complexity index is 579. The first kappa shape index (κ1) is 14.3. The van der Waals surface area contributed by atoms with Gasteiger partial charge in [0.25, 0.3) is 11.5 Å². The van der Waals surface area contributed by atoms with Crippen LogP contribution >= 0.6 is 0 Å². The predicted molar refractivity (Wildman–Crippen MR) is 72.4 cm³/mol. The summed E-state index contributed by atoms with van der Waals surface area (Å²) in [5, 5.41) is 0. The van der Waals surface area contributed by atoms with Crippen LogP contribution in [0.25, 0.3) is 0 Å². The van der Waals surface area contributed by atoms with Crippen LogP contribution in [0.3, 0.4) is 0 Å². The van der Waals surface area contributed by atoms with Gasteiger partial charge in [0.05, 0.1) is 7.11 Å². The standard InChI is InChI=1S/C14H18N2O4/c1-15-8-6-10(9-12(15)17)13(18)16-7-4-3-5-11(16)14(19)20-2/h6,8-9,11H,3-5,7H2,1-2H3. The average Bonchev–Trinajstić information content (AvgIpc) is 2.48. The third-order valence-corrected chi connectivity index (χ3v) is 3.59. The molecule has 1 amide bonds. The minimum Gasteiger partial charge on any atom is -0.467 e. The van der Waals surface area contributed by atoms with E-state index in [4.69, 9.17) is 4.74 Å². The average molecular weight is 278 g/mol. The molecule has 0 aromatic carbocycles.